The zero-order valence-corrected chi connectivity index (χ0v) is 11.1. The third-order valence-electron chi connectivity index (χ3n) is 2.43. The molecule has 0 bridgehead atoms. The van der Waals surface area contributed by atoms with Crippen molar-refractivity contribution in [3.63, 3.8) is 0 Å². The van der Waals surface area contributed by atoms with Crippen LogP contribution in [0.5, 0.6) is 0 Å². The van der Waals surface area contributed by atoms with Crippen LogP contribution in [0.2, 0.25) is 0 Å². The number of rotatable bonds is 5. The topological polar surface area (TPSA) is 49.3 Å². The first-order chi connectivity index (χ1) is 8.08. The van der Waals surface area contributed by atoms with Gasteiger partial charge in [0.2, 0.25) is 0 Å². The van der Waals surface area contributed by atoms with Gasteiger partial charge >= 0.3 is 5.97 Å². The van der Waals surface area contributed by atoms with Crippen molar-refractivity contribution in [1.29, 1.82) is 0 Å². The number of nitrogens with one attached hydrogen (secondary N) is 1. The van der Waals surface area contributed by atoms with E-state index in [9.17, 15) is 4.79 Å². The molecule has 0 amide bonds. The van der Waals surface area contributed by atoms with Crippen LogP contribution in [0.15, 0.2) is 22.7 Å². The van der Waals surface area contributed by atoms with Crippen LogP contribution >= 0.6 is 15.9 Å². The van der Waals surface area contributed by atoms with Gasteiger partial charge in [-0.1, -0.05) is 6.92 Å². The minimum absolute atomic E-state index is 0.201. The molecule has 1 aromatic carbocycles. The first-order valence-electron chi connectivity index (χ1n) is 5.31. The van der Waals surface area contributed by atoms with E-state index in [2.05, 4.69) is 34.1 Å². The lowest BCUT2D eigenvalue weighted by molar-refractivity contribution is 0.0697. The normalized spacial score (nSPS) is 11.6. The van der Waals surface area contributed by atoms with Crippen molar-refractivity contribution < 1.29 is 9.90 Å². The smallest absolute Gasteiger partial charge is 0.335 e. The van der Waals surface area contributed by atoms with Gasteiger partial charge in [-0.25, -0.2) is 4.79 Å². The van der Waals surface area contributed by atoms with Gasteiger partial charge in [-0.15, -0.1) is 12.3 Å². The highest BCUT2D eigenvalue weighted by Gasteiger charge is 2.09. The molecule has 3 nitrogen and oxygen atoms in total. The third-order valence-corrected chi connectivity index (χ3v) is 3.09. The van der Waals surface area contributed by atoms with E-state index < -0.39 is 5.97 Å². The molecule has 1 aromatic rings. The molecule has 0 aliphatic carbocycles. The molecular weight excluding hydrogens is 282 g/mol. The summed E-state index contributed by atoms with van der Waals surface area (Å²) in [5, 5.41) is 12.1. The van der Waals surface area contributed by atoms with Crippen molar-refractivity contribution in [2.75, 3.05) is 5.32 Å². The fourth-order valence-corrected chi connectivity index (χ4v) is 1.92. The third kappa shape index (κ3) is 3.79. The highest BCUT2D eigenvalue weighted by molar-refractivity contribution is 9.10. The van der Waals surface area contributed by atoms with E-state index in [1.165, 1.54) is 0 Å². The van der Waals surface area contributed by atoms with Crippen LogP contribution < -0.4 is 5.32 Å². The molecule has 0 fully saturated rings. The number of hydrogen-bond acceptors (Lipinski definition) is 2. The zero-order valence-electron chi connectivity index (χ0n) is 9.53. The van der Waals surface area contributed by atoms with Gasteiger partial charge in [0.05, 0.1) is 5.56 Å². The second-order valence-electron chi connectivity index (χ2n) is 3.66. The Balaban J connectivity index is 2.85. The summed E-state index contributed by atoms with van der Waals surface area (Å²) in [5.41, 5.74) is 1.12. The first kappa shape index (κ1) is 13.6. The van der Waals surface area contributed by atoms with Gasteiger partial charge in [0.1, 0.15) is 0 Å². The lowest BCUT2D eigenvalue weighted by Crippen LogP contribution is -2.17. The maximum atomic E-state index is 10.8. The number of carboxylic acid groups (broad SMARTS) is 1. The molecule has 2 N–H and O–H groups in total. The molecule has 0 radical (unpaired) electrons. The van der Waals surface area contributed by atoms with Crippen LogP contribution in [0.4, 0.5) is 5.69 Å². The summed E-state index contributed by atoms with van der Waals surface area (Å²) in [5.74, 6) is 1.68. The fourth-order valence-electron chi connectivity index (χ4n) is 1.42. The Labute approximate surface area is 109 Å². The predicted molar refractivity (Wildman–Crippen MR) is 72.3 cm³/mol. The summed E-state index contributed by atoms with van der Waals surface area (Å²) in [6, 6.07) is 5.09. The van der Waals surface area contributed by atoms with E-state index in [1.807, 2.05) is 0 Å². The van der Waals surface area contributed by atoms with Gasteiger partial charge in [0.15, 0.2) is 0 Å². The maximum absolute atomic E-state index is 10.8. The Kier molecular flexibility index (Phi) is 5.05. The molecule has 90 valence electrons. The van der Waals surface area contributed by atoms with Crippen molar-refractivity contribution in [2.24, 2.45) is 0 Å². The quantitative estimate of drug-likeness (QED) is 0.819. The summed E-state index contributed by atoms with van der Waals surface area (Å²) in [4.78, 5) is 10.8. The highest BCUT2D eigenvalue weighted by Crippen LogP contribution is 2.25. The van der Waals surface area contributed by atoms with E-state index in [1.54, 1.807) is 18.2 Å². The summed E-state index contributed by atoms with van der Waals surface area (Å²) in [6.45, 7) is 2.05. The number of carbonyl (C=O) groups is 1. The number of carboxylic acids is 1. The number of halogens is 1. The Bertz CT molecular complexity index is 451. The van der Waals surface area contributed by atoms with Crippen LogP contribution in [-0.4, -0.2) is 17.1 Å². The molecule has 1 rings (SSSR count). The second-order valence-corrected chi connectivity index (χ2v) is 4.51. The maximum Gasteiger partial charge on any atom is 0.335 e. The highest BCUT2D eigenvalue weighted by atomic mass is 79.9. The van der Waals surface area contributed by atoms with E-state index in [-0.39, 0.29) is 11.6 Å². The Morgan fingerprint density at radius 1 is 1.65 bits per heavy atom. The van der Waals surface area contributed by atoms with E-state index >= 15 is 0 Å². The van der Waals surface area contributed by atoms with Gasteiger partial charge in [0, 0.05) is 22.6 Å². The molecular formula is C13H14BrNO2. The molecule has 0 aliphatic rings. The van der Waals surface area contributed by atoms with Crippen molar-refractivity contribution in [1.82, 2.24) is 0 Å². The minimum atomic E-state index is -0.937. The monoisotopic (exact) mass is 295 g/mol. The summed E-state index contributed by atoms with van der Waals surface area (Å²) in [6.07, 6.45) is 6.84. The molecule has 1 atom stereocenters. The largest absolute Gasteiger partial charge is 0.478 e. The van der Waals surface area contributed by atoms with Gasteiger partial charge in [-0.2, -0.15) is 0 Å². The predicted octanol–water partition coefficient (Wildman–Crippen LogP) is 3.36. The average Bonchev–Trinajstić information content (AvgIpc) is 2.30. The second kappa shape index (κ2) is 6.31. The number of benzene rings is 1. The fraction of sp³-hybridized carbons (Fsp3) is 0.308. The molecule has 0 saturated heterocycles. The minimum Gasteiger partial charge on any atom is -0.478 e. The summed E-state index contributed by atoms with van der Waals surface area (Å²) in [7, 11) is 0. The lowest BCUT2D eigenvalue weighted by Gasteiger charge is -2.17. The van der Waals surface area contributed by atoms with Crippen molar-refractivity contribution in [3.05, 3.63) is 28.2 Å². The van der Waals surface area contributed by atoms with Crippen LogP contribution in [0.25, 0.3) is 0 Å². The van der Waals surface area contributed by atoms with Gasteiger partial charge in [0.25, 0.3) is 0 Å². The van der Waals surface area contributed by atoms with Crippen LogP contribution in [0, 0.1) is 12.3 Å². The summed E-state index contributed by atoms with van der Waals surface area (Å²) >= 11 is 3.35. The number of aromatic carboxylic acids is 1. The van der Waals surface area contributed by atoms with Gasteiger partial charge in [-0.3, -0.25) is 0 Å². The van der Waals surface area contributed by atoms with Crippen LogP contribution in [-0.2, 0) is 0 Å². The van der Waals surface area contributed by atoms with E-state index in [0.29, 0.717) is 6.42 Å². The average molecular weight is 296 g/mol. The van der Waals surface area contributed by atoms with Gasteiger partial charge in [-0.05, 0) is 40.5 Å². The van der Waals surface area contributed by atoms with E-state index in [4.69, 9.17) is 11.5 Å². The molecule has 4 heteroatoms. The number of hydrogen-bond donors (Lipinski definition) is 2. The van der Waals surface area contributed by atoms with Crippen molar-refractivity contribution in [2.45, 2.75) is 25.8 Å². The number of anilines is 1. The van der Waals surface area contributed by atoms with Crippen LogP contribution in [0.1, 0.15) is 30.1 Å². The molecule has 17 heavy (non-hydrogen) atoms. The Hall–Kier alpha value is -1.47. The Morgan fingerprint density at radius 2 is 2.35 bits per heavy atom. The standard InChI is InChI=1S/C13H14BrNO2/c1-3-5-10(4-2)15-12-7-6-9(13(16)17)8-11(12)14/h1,6-8,10,15H,4-5H2,2H3,(H,16,17). The molecule has 0 saturated carbocycles. The van der Waals surface area contributed by atoms with Crippen molar-refractivity contribution >= 4 is 27.6 Å². The van der Waals surface area contributed by atoms with Crippen molar-refractivity contribution in [3.8, 4) is 12.3 Å². The molecule has 0 spiro atoms. The molecule has 0 heterocycles. The van der Waals surface area contributed by atoms with E-state index in [0.717, 1.165) is 16.6 Å². The SMILES string of the molecule is C#CCC(CC)Nc1ccc(C(=O)O)cc1Br. The molecule has 0 aromatic heterocycles. The zero-order chi connectivity index (χ0) is 12.8. The molecule has 0 aliphatic heterocycles. The van der Waals surface area contributed by atoms with Crippen LogP contribution in [0.3, 0.4) is 0 Å². The molecule has 1 unspecified atom stereocenters. The first-order valence-corrected chi connectivity index (χ1v) is 6.10. The lowest BCUT2D eigenvalue weighted by atomic mass is 10.1. The van der Waals surface area contributed by atoms with Gasteiger partial charge < -0.3 is 10.4 Å². The Morgan fingerprint density at radius 3 is 2.82 bits per heavy atom. The summed E-state index contributed by atoms with van der Waals surface area (Å²) < 4.78 is 0.730. The number of terminal acetylenes is 1.